The van der Waals surface area contributed by atoms with Gasteiger partial charge >= 0.3 is 8.56 Å². The van der Waals surface area contributed by atoms with Crippen molar-refractivity contribution in [2.75, 3.05) is 14.2 Å². The number of hydrogen-bond acceptors (Lipinski definition) is 3. The second-order valence-electron chi connectivity index (χ2n) is 2.43. The van der Waals surface area contributed by atoms with Crippen molar-refractivity contribution < 1.29 is 13.6 Å². The van der Waals surface area contributed by atoms with Crippen LogP contribution in [-0.4, -0.2) is 29.1 Å². The van der Waals surface area contributed by atoms with E-state index >= 15 is 0 Å². The number of allylic oxidation sites excluding steroid dienone is 1. The van der Waals surface area contributed by atoms with Crippen LogP contribution in [0.2, 0.25) is 6.55 Å². The lowest BCUT2D eigenvalue weighted by atomic mass is 10.4. The second kappa shape index (κ2) is 4.43. The predicted molar refractivity (Wildman–Crippen MR) is 45.5 cm³/mol. The zero-order chi connectivity index (χ0) is 8.91. The van der Waals surface area contributed by atoms with Crippen molar-refractivity contribution in [3.63, 3.8) is 0 Å². The van der Waals surface area contributed by atoms with E-state index in [0.717, 1.165) is 6.29 Å². The molecule has 0 bridgehead atoms. The molecule has 0 aromatic heterocycles. The van der Waals surface area contributed by atoms with E-state index in [4.69, 9.17) is 8.85 Å². The van der Waals surface area contributed by atoms with Gasteiger partial charge in [-0.25, -0.2) is 0 Å². The summed E-state index contributed by atoms with van der Waals surface area (Å²) >= 11 is 0. The lowest BCUT2D eigenvalue weighted by Gasteiger charge is -2.18. The van der Waals surface area contributed by atoms with E-state index in [2.05, 4.69) is 0 Å². The van der Waals surface area contributed by atoms with Crippen molar-refractivity contribution in [1.29, 1.82) is 0 Å². The van der Waals surface area contributed by atoms with Crippen molar-refractivity contribution in [3.05, 3.63) is 11.3 Å². The van der Waals surface area contributed by atoms with Crippen LogP contribution < -0.4 is 0 Å². The Morgan fingerprint density at radius 3 is 2.09 bits per heavy atom. The number of carbonyl (C=O) groups excluding carboxylic acids is 1. The first-order valence-electron chi connectivity index (χ1n) is 3.33. The Labute approximate surface area is 68.3 Å². The van der Waals surface area contributed by atoms with Gasteiger partial charge in [0.25, 0.3) is 0 Å². The van der Waals surface area contributed by atoms with Gasteiger partial charge in [0.1, 0.15) is 6.29 Å². The normalized spacial score (nSPS) is 13.3. The Kier molecular flexibility index (Phi) is 4.25. The van der Waals surface area contributed by atoms with Gasteiger partial charge < -0.3 is 8.85 Å². The van der Waals surface area contributed by atoms with Gasteiger partial charge in [-0.15, -0.1) is 0 Å². The van der Waals surface area contributed by atoms with Gasteiger partial charge in [0.15, 0.2) is 0 Å². The van der Waals surface area contributed by atoms with E-state index in [1.165, 1.54) is 0 Å². The predicted octanol–water partition coefficient (Wildman–Crippen LogP) is 1.04. The van der Waals surface area contributed by atoms with Crippen LogP contribution in [0.1, 0.15) is 6.92 Å². The maximum atomic E-state index is 10.3. The minimum absolute atomic E-state index is 0.655. The summed E-state index contributed by atoms with van der Waals surface area (Å²) in [5, 5.41) is 0. The van der Waals surface area contributed by atoms with Crippen LogP contribution in [0.15, 0.2) is 11.3 Å². The zero-order valence-corrected chi connectivity index (χ0v) is 8.38. The summed E-state index contributed by atoms with van der Waals surface area (Å²) < 4.78 is 10.3. The molecule has 11 heavy (non-hydrogen) atoms. The van der Waals surface area contributed by atoms with Crippen LogP contribution in [0.5, 0.6) is 0 Å². The largest absolute Gasteiger partial charge is 0.395 e. The first-order chi connectivity index (χ1) is 5.08. The van der Waals surface area contributed by atoms with E-state index in [0.29, 0.717) is 5.57 Å². The quantitative estimate of drug-likeness (QED) is 0.363. The second-order valence-corrected chi connectivity index (χ2v) is 5.57. The molecule has 4 heteroatoms. The molecule has 0 amide bonds. The molecule has 64 valence electrons. The molecule has 0 unspecified atom stereocenters. The van der Waals surface area contributed by atoms with Crippen LogP contribution in [0, 0.1) is 0 Å². The molecule has 0 fully saturated rings. The first-order valence-corrected chi connectivity index (χ1v) is 5.72. The van der Waals surface area contributed by atoms with Crippen molar-refractivity contribution >= 4 is 14.8 Å². The SMILES string of the molecule is CO[Si](C)(C=C(C)C=O)OC. The van der Waals surface area contributed by atoms with E-state index < -0.39 is 8.56 Å². The number of rotatable bonds is 4. The Morgan fingerprint density at radius 1 is 1.36 bits per heavy atom. The van der Waals surface area contributed by atoms with E-state index in [9.17, 15) is 4.79 Å². The van der Waals surface area contributed by atoms with Gasteiger partial charge in [-0.05, 0) is 24.7 Å². The Morgan fingerprint density at radius 2 is 1.82 bits per heavy atom. The summed E-state index contributed by atoms with van der Waals surface area (Å²) in [6, 6.07) is 0. The molecule has 0 radical (unpaired) electrons. The minimum atomic E-state index is -2.17. The van der Waals surface area contributed by atoms with Gasteiger partial charge in [0, 0.05) is 14.2 Å². The molecule has 0 aliphatic rings. The maximum Gasteiger partial charge on any atom is 0.361 e. The molecule has 0 N–H and O–H groups in total. The number of carbonyl (C=O) groups is 1. The summed E-state index contributed by atoms with van der Waals surface area (Å²) in [7, 11) is 1.00. The van der Waals surface area contributed by atoms with E-state index in [1.54, 1.807) is 26.8 Å². The molecule has 0 aromatic carbocycles. The van der Waals surface area contributed by atoms with Crippen molar-refractivity contribution in [3.8, 4) is 0 Å². The van der Waals surface area contributed by atoms with Gasteiger partial charge in [0.05, 0.1) is 0 Å². The monoisotopic (exact) mass is 174 g/mol. The third-order valence-corrected chi connectivity index (χ3v) is 4.09. The molecule has 0 rings (SSSR count). The van der Waals surface area contributed by atoms with Crippen LogP contribution >= 0.6 is 0 Å². The number of aldehydes is 1. The molecule has 0 saturated heterocycles. The Balaban J connectivity index is 4.39. The zero-order valence-electron chi connectivity index (χ0n) is 7.38. The third-order valence-electron chi connectivity index (χ3n) is 1.49. The first kappa shape index (κ1) is 10.5. The van der Waals surface area contributed by atoms with Crippen molar-refractivity contribution in [2.24, 2.45) is 0 Å². The molecular formula is C7H14O3Si. The fourth-order valence-electron chi connectivity index (χ4n) is 0.649. The summed E-state index contributed by atoms with van der Waals surface area (Å²) in [6.45, 7) is 3.61. The topological polar surface area (TPSA) is 35.5 Å². The summed E-state index contributed by atoms with van der Waals surface area (Å²) in [6.07, 6.45) is 0.795. The maximum absolute atomic E-state index is 10.3. The lowest BCUT2D eigenvalue weighted by molar-refractivity contribution is -0.104. The molecule has 0 heterocycles. The Bertz CT molecular complexity index is 161. The van der Waals surface area contributed by atoms with Gasteiger partial charge in [0.2, 0.25) is 0 Å². The molecule has 3 nitrogen and oxygen atoms in total. The molecule has 0 aliphatic heterocycles. The molecule has 0 spiro atoms. The van der Waals surface area contributed by atoms with Crippen LogP contribution in [-0.2, 0) is 13.6 Å². The lowest BCUT2D eigenvalue weighted by Crippen LogP contribution is -2.34. The van der Waals surface area contributed by atoms with Crippen LogP contribution in [0.3, 0.4) is 0 Å². The standard InChI is InChI=1S/C7H14O3Si/c1-7(5-8)6-11(4,9-2)10-3/h5-6H,1-4H3. The Hall–Kier alpha value is -0.453. The fraction of sp³-hybridized carbons (Fsp3) is 0.571. The molecule has 0 aliphatic carbocycles. The van der Waals surface area contributed by atoms with Gasteiger partial charge in [-0.3, -0.25) is 4.79 Å². The van der Waals surface area contributed by atoms with Crippen LogP contribution in [0.4, 0.5) is 0 Å². The van der Waals surface area contributed by atoms with Crippen molar-refractivity contribution in [1.82, 2.24) is 0 Å². The van der Waals surface area contributed by atoms with E-state index in [-0.39, 0.29) is 0 Å². The van der Waals surface area contributed by atoms with Crippen molar-refractivity contribution in [2.45, 2.75) is 13.5 Å². The highest BCUT2D eigenvalue weighted by molar-refractivity contribution is 6.71. The average Bonchev–Trinajstić information content (AvgIpc) is 2.04. The minimum Gasteiger partial charge on any atom is -0.395 e. The smallest absolute Gasteiger partial charge is 0.361 e. The highest BCUT2D eigenvalue weighted by Gasteiger charge is 2.25. The number of hydrogen-bond donors (Lipinski definition) is 0. The average molecular weight is 174 g/mol. The summed E-state index contributed by atoms with van der Waals surface area (Å²) in [5.74, 6) is 0. The molecule has 0 aromatic rings. The highest BCUT2D eigenvalue weighted by Crippen LogP contribution is 2.07. The molecule has 0 atom stereocenters. The summed E-state index contributed by atoms with van der Waals surface area (Å²) in [4.78, 5) is 10.3. The van der Waals surface area contributed by atoms with Gasteiger partial charge in [-0.2, -0.15) is 0 Å². The molecule has 0 saturated carbocycles. The fourth-order valence-corrected chi connectivity index (χ4v) is 1.95. The van der Waals surface area contributed by atoms with Gasteiger partial charge in [-0.1, -0.05) is 0 Å². The summed E-state index contributed by atoms with van der Waals surface area (Å²) in [5.41, 5.74) is 2.42. The van der Waals surface area contributed by atoms with E-state index in [1.807, 2.05) is 6.55 Å². The molecular weight excluding hydrogens is 160 g/mol. The third kappa shape index (κ3) is 3.45. The van der Waals surface area contributed by atoms with Crippen LogP contribution in [0.25, 0.3) is 0 Å². The highest BCUT2D eigenvalue weighted by atomic mass is 28.4.